The average Bonchev–Trinajstić information content (AvgIpc) is 2.08. The summed E-state index contributed by atoms with van der Waals surface area (Å²) in [7, 11) is 0. The summed E-state index contributed by atoms with van der Waals surface area (Å²) in [5, 5.41) is 0. The molecule has 15 heavy (non-hydrogen) atoms. The fourth-order valence-corrected chi connectivity index (χ4v) is 1.01. The molecule has 0 aliphatic heterocycles. The van der Waals surface area contributed by atoms with Gasteiger partial charge < -0.3 is 0 Å². The number of nitrogens with one attached hydrogen (secondary N) is 1. The molecule has 0 fully saturated rings. The molecule has 0 aliphatic carbocycles. The minimum atomic E-state index is -1.02. The lowest BCUT2D eigenvalue weighted by Crippen LogP contribution is -2.33. The third kappa shape index (κ3) is 2.23. The fourth-order valence-electron chi connectivity index (χ4n) is 1.01. The molecule has 0 amide bonds. The fraction of sp³-hybridized carbons (Fsp3) is 0.400. The lowest BCUT2D eigenvalue weighted by atomic mass is 9.93. The van der Waals surface area contributed by atoms with Crippen LogP contribution in [0.15, 0.2) is 22.4 Å². The molecule has 0 atom stereocenters. The molecule has 0 bridgehead atoms. The quantitative estimate of drug-likeness (QED) is 0.760. The van der Waals surface area contributed by atoms with E-state index in [4.69, 9.17) is 0 Å². The lowest BCUT2D eigenvalue weighted by Gasteiger charge is -2.22. The summed E-state index contributed by atoms with van der Waals surface area (Å²) in [6.07, 6.45) is 0.856. The van der Waals surface area contributed by atoms with E-state index in [0.29, 0.717) is 5.70 Å². The van der Waals surface area contributed by atoms with Crippen LogP contribution in [0.1, 0.15) is 20.8 Å². The highest BCUT2D eigenvalue weighted by Crippen LogP contribution is 2.25. The van der Waals surface area contributed by atoms with Gasteiger partial charge in [0.2, 0.25) is 5.82 Å². The Labute approximate surface area is 86.1 Å². The van der Waals surface area contributed by atoms with Gasteiger partial charge in [-0.1, -0.05) is 27.4 Å². The molecule has 5 heteroatoms. The van der Waals surface area contributed by atoms with E-state index in [1.807, 2.05) is 25.8 Å². The highest BCUT2D eigenvalue weighted by Gasteiger charge is 2.18. The van der Waals surface area contributed by atoms with Crippen LogP contribution in [0.5, 0.6) is 0 Å². The highest BCUT2D eigenvalue weighted by molar-refractivity contribution is 5.46. The molecule has 0 aromatic carbocycles. The molecule has 0 saturated carbocycles. The smallest absolute Gasteiger partial charge is 0.271 e. The maximum atomic E-state index is 13.0. The summed E-state index contributed by atoms with van der Waals surface area (Å²) < 4.78 is 14.0. The van der Waals surface area contributed by atoms with Gasteiger partial charge in [-0.2, -0.15) is 4.39 Å². The van der Waals surface area contributed by atoms with Crippen molar-refractivity contribution in [3.63, 3.8) is 0 Å². The Bertz CT molecular complexity index is 505. The van der Waals surface area contributed by atoms with Crippen molar-refractivity contribution in [2.45, 2.75) is 20.8 Å². The zero-order valence-corrected chi connectivity index (χ0v) is 8.93. The Hall–Kier alpha value is -1.65. The van der Waals surface area contributed by atoms with E-state index in [9.17, 15) is 14.0 Å². The van der Waals surface area contributed by atoms with E-state index >= 15 is 0 Å². The molecular weight excluding hydrogens is 199 g/mol. The first-order valence-corrected chi connectivity index (χ1v) is 4.44. The van der Waals surface area contributed by atoms with Crippen LogP contribution in [0.25, 0.3) is 5.70 Å². The van der Waals surface area contributed by atoms with Crippen molar-refractivity contribution < 1.29 is 4.39 Å². The third-order valence-corrected chi connectivity index (χ3v) is 2.06. The Balaban J connectivity index is 3.41. The van der Waals surface area contributed by atoms with Crippen molar-refractivity contribution >= 4 is 5.70 Å². The van der Waals surface area contributed by atoms with Crippen LogP contribution in [0, 0.1) is 11.2 Å². The Morgan fingerprint density at radius 2 is 2.00 bits per heavy atom. The van der Waals surface area contributed by atoms with E-state index < -0.39 is 17.1 Å². The van der Waals surface area contributed by atoms with Crippen LogP contribution in [0.4, 0.5) is 4.39 Å². The van der Waals surface area contributed by atoms with Crippen molar-refractivity contribution in [1.82, 2.24) is 9.55 Å². The zero-order chi connectivity index (χ0) is 11.8. The normalized spacial score (nSPS) is 11.5. The maximum absolute atomic E-state index is 13.0. The number of hydrogen-bond acceptors (Lipinski definition) is 2. The van der Waals surface area contributed by atoms with Crippen molar-refractivity contribution in [2.75, 3.05) is 0 Å². The van der Waals surface area contributed by atoms with Gasteiger partial charge in [0.15, 0.2) is 0 Å². The van der Waals surface area contributed by atoms with Crippen LogP contribution in [0.2, 0.25) is 0 Å². The lowest BCUT2D eigenvalue weighted by molar-refractivity contribution is 0.522. The van der Waals surface area contributed by atoms with Crippen LogP contribution in [0.3, 0.4) is 0 Å². The molecular formula is C10H13FN2O2. The minimum Gasteiger partial charge on any atom is -0.271 e. The van der Waals surface area contributed by atoms with Gasteiger partial charge in [0.25, 0.3) is 5.56 Å². The number of aromatic amines is 1. The summed E-state index contributed by atoms with van der Waals surface area (Å²) in [6, 6.07) is 0. The molecule has 0 unspecified atom stereocenters. The van der Waals surface area contributed by atoms with Crippen molar-refractivity contribution in [2.24, 2.45) is 5.41 Å². The van der Waals surface area contributed by atoms with Crippen molar-refractivity contribution in [3.8, 4) is 0 Å². The second-order valence-corrected chi connectivity index (χ2v) is 4.30. The predicted octanol–water partition coefficient (Wildman–Crippen LogP) is 1.19. The first-order valence-electron chi connectivity index (χ1n) is 4.44. The Kier molecular flexibility index (Phi) is 2.66. The maximum Gasteiger partial charge on any atom is 0.332 e. The summed E-state index contributed by atoms with van der Waals surface area (Å²) in [5.41, 5.74) is -1.66. The Morgan fingerprint density at radius 3 is 2.47 bits per heavy atom. The number of allylic oxidation sites excluding steroid dienone is 1. The molecule has 0 aliphatic rings. The minimum absolute atomic E-state index is 0.380. The van der Waals surface area contributed by atoms with Gasteiger partial charge in [-0.15, -0.1) is 0 Å². The third-order valence-electron chi connectivity index (χ3n) is 2.06. The van der Waals surface area contributed by atoms with Crippen LogP contribution in [-0.2, 0) is 0 Å². The van der Waals surface area contributed by atoms with Gasteiger partial charge in [-0.05, 0) is 0 Å². The van der Waals surface area contributed by atoms with Crippen LogP contribution >= 0.6 is 0 Å². The molecule has 0 spiro atoms. The number of rotatable bonds is 1. The summed E-state index contributed by atoms with van der Waals surface area (Å²) in [6.45, 7) is 9.22. The number of halogens is 1. The van der Waals surface area contributed by atoms with Gasteiger partial charge in [0.05, 0.1) is 6.20 Å². The van der Waals surface area contributed by atoms with Gasteiger partial charge in [0, 0.05) is 11.1 Å². The molecule has 1 rings (SSSR count). The molecule has 0 radical (unpaired) electrons. The van der Waals surface area contributed by atoms with Crippen LogP contribution < -0.4 is 11.2 Å². The molecule has 1 aromatic heterocycles. The average molecular weight is 212 g/mol. The predicted molar refractivity (Wildman–Crippen MR) is 56.1 cm³/mol. The molecule has 1 heterocycles. The number of H-pyrrole nitrogens is 1. The SMILES string of the molecule is C=C(n1cc(F)c(=O)[nH]c1=O)C(C)(C)C. The molecule has 82 valence electrons. The monoisotopic (exact) mass is 212 g/mol. The second-order valence-electron chi connectivity index (χ2n) is 4.30. The topological polar surface area (TPSA) is 54.9 Å². The van der Waals surface area contributed by atoms with E-state index in [1.54, 1.807) is 0 Å². The first kappa shape index (κ1) is 11.4. The summed E-state index contributed by atoms with van der Waals surface area (Å²) in [4.78, 5) is 24.0. The molecule has 0 saturated heterocycles. The first-order chi connectivity index (χ1) is 6.73. The van der Waals surface area contributed by atoms with Crippen LogP contribution in [-0.4, -0.2) is 9.55 Å². The second kappa shape index (κ2) is 3.49. The number of nitrogens with zero attached hydrogens (tertiary/aromatic N) is 1. The van der Waals surface area contributed by atoms with Gasteiger partial charge in [-0.3, -0.25) is 14.3 Å². The highest BCUT2D eigenvalue weighted by atomic mass is 19.1. The standard InChI is InChI=1S/C10H13FN2O2/c1-6(10(2,3)4)13-5-7(11)8(14)12-9(13)15/h5H,1H2,2-4H3,(H,12,14,15). The zero-order valence-electron chi connectivity index (χ0n) is 8.93. The Morgan fingerprint density at radius 1 is 1.47 bits per heavy atom. The van der Waals surface area contributed by atoms with Gasteiger partial charge in [0.1, 0.15) is 0 Å². The molecule has 4 nitrogen and oxygen atoms in total. The number of aromatic nitrogens is 2. The molecule has 1 aromatic rings. The van der Waals surface area contributed by atoms with E-state index in [1.165, 1.54) is 0 Å². The van der Waals surface area contributed by atoms with Gasteiger partial charge >= 0.3 is 5.69 Å². The van der Waals surface area contributed by atoms with Crippen molar-refractivity contribution in [3.05, 3.63) is 39.4 Å². The summed E-state index contributed by atoms with van der Waals surface area (Å²) >= 11 is 0. The largest absolute Gasteiger partial charge is 0.332 e. The van der Waals surface area contributed by atoms with E-state index in [2.05, 4.69) is 6.58 Å². The van der Waals surface area contributed by atoms with Crippen molar-refractivity contribution in [1.29, 1.82) is 0 Å². The number of hydrogen-bond donors (Lipinski definition) is 1. The van der Waals surface area contributed by atoms with Gasteiger partial charge in [-0.25, -0.2) is 4.79 Å². The van der Waals surface area contributed by atoms with E-state index in [0.717, 1.165) is 10.8 Å². The molecule has 1 N–H and O–H groups in total. The van der Waals surface area contributed by atoms with E-state index in [-0.39, 0.29) is 5.41 Å². The summed E-state index contributed by atoms with van der Waals surface area (Å²) in [5.74, 6) is -1.000.